The van der Waals surface area contributed by atoms with Gasteiger partial charge in [-0.15, -0.1) is 0 Å². The Kier molecular flexibility index (Phi) is 3.61. The molecule has 0 aromatic heterocycles. The number of benzene rings is 1. The summed E-state index contributed by atoms with van der Waals surface area (Å²) >= 11 is 3.38. The van der Waals surface area contributed by atoms with Gasteiger partial charge in [-0.25, -0.2) is 0 Å². The number of hydrogen-bond acceptors (Lipinski definition) is 3. The number of hydrogen-bond donors (Lipinski definition) is 1. The van der Waals surface area contributed by atoms with E-state index < -0.39 is 0 Å². The average molecular weight is 272 g/mol. The maximum atomic E-state index is 8.72. The molecule has 0 amide bonds. The highest BCUT2D eigenvalue weighted by atomic mass is 79.9. The monoisotopic (exact) mass is 271 g/mol. The molecule has 0 atom stereocenters. The van der Waals surface area contributed by atoms with Crippen molar-refractivity contribution in [1.82, 2.24) is 4.90 Å². The quantitative estimate of drug-likeness (QED) is 0.901. The predicted octanol–water partition coefficient (Wildman–Crippen LogP) is 1.50. The molecule has 2 rings (SSSR count). The van der Waals surface area contributed by atoms with E-state index in [1.165, 1.54) is 0 Å². The van der Waals surface area contributed by atoms with Crippen molar-refractivity contribution in [2.24, 2.45) is 0 Å². The molecule has 1 saturated heterocycles. The second-order valence-corrected chi connectivity index (χ2v) is 4.59. The highest BCUT2D eigenvalue weighted by molar-refractivity contribution is 9.10. The summed E-state index contributed by atoms with van der Waals surface area (Å²) < 4.78 is 6.80. The molecule has 1 aliphatic heterocycles. The van der Waals surface area contributed by atoms with E-state index in [1.54, 1.807) is 0 Å². The van der Waals surface area contributed by atoms with E-state index in [-0.39, 0.29) is 12.7 Å². The van der Waals surface area contributed by atoms with Gasteiger partial charge >= 0.3 is 0 Å². The maximum absolute atomic E-state index is 8.72. The van der Waals surface area contributed by atoms with E-state index in [0.717, 1.165) is 29.9 Å². The lowest BCUT2D eigenvalue weighted by Crippen LogP contribution is -2.54. The van der Waals surface area contributed by atoms with Crippen LogP contribution in [0.2, 0.25) is 0 Å². The molecule has 1 aliphatic rings. The van der Waals surface area contributed by atoms with Gasteiger partial charge in [0.25, 0.3) is 0 Å². The molecular formula is C11H14BrNO2. The molecule has 1 aromatic carbocycles. The van der Waals surface area contributed by atoms with Crippen LogP contribution in [0.5, 0.6) is 5.75 Å². The van der Waals surface area contributed by atoms with Gasteiger partial charge in [0.15, 0.2) is 0 Å². The Balaban J connectivity index is 1.77. The molecule has 0 spiro atoms. The molecule has 0 unspecified atom stereocenters. The van der Waals surface area contributed by atoms with E-state index in [9.17, 15) is 0 Å². The third-order valence-corrected chi connectivity index (χ3v) is 2.98. The van der Waals surface area contributed by atoms with Gasteiger partial charge in [0.2, 0.25) is 0 Å². The molecule has 0 saturated carbocycles. The number of aliphatic hydroxyl groups is 1. The largest absolute Gasteiger partial charge is 0.488 e. The summed E-state index contributed by atoms with van der Waals surface area (Å²) in [5, 5.41) is 8.72. The van der Waals surface area contributed by atoms with Crippen molar-refractivity contribution in [3.8, 4) is 5.75 Å². The first-order chi connectivity index (χ1) is 7.28. The summed E-state index contributed by atoms with van der Waals surface area (Å²) in [6.07, 6.45) is 0.276. The molecule has 0 radical (unpaired) electrons. The van der Waals surface area contributed by atoms with Gasteiger partial charge in [-0.3, -0.25) is 4.90 Å². The van der Waals surface area contributed by atoms with Crippen LogP contribution in [-0.4, -0.2) is 42.4 Å². The summed E-state index contributed by atoms with van der Waals surface area (Å²) in [6.45, 7) is 2.80. The Morgan fingerprint density at radius 2 is 2.00 bits per heavy atom. The van der Waals surface area contributed by atoms with Crippen molar-refractivity contribution in [2.45, 2.75) is 6.10 Å². The third-order valence-electron chi connectivity index (χ3n) is 2.46. The fourth-order valence-corrected chi connectivity index (χ4v) is 1.89. The van der Waals surface area contributed by atoms with Gasteiger partial charge in [0.1, 0.15) is 11.9 Å². The highest BCUT2D eigenvalue weighted by Crippen LogP contribution is 2.20. The first-order valence-corrected chi connectivity index (χ1v) is 5.82. The van der Waals surface area contributed by atoms with Gasteiger partial charge in [0.05, 0.1) is 6.61 Å². The van der Waals surface area contributed by atoms with Crippen molar-refractivity contribution < 1.29 is 9.84 Å². The van der Waals surface area contributed by atoms with Crippen molar-refractivity contribution in [3.05, 3.63) is 28.7 Å². The minimum Gasteiger partial charge on any atom is -0.488 e. The van der Waals surface area contributed by atoms with Gasteiger partial charge in [-0.2, -0.15) is 0 Å². The molecule has 0 bridgehead atoms. The Morgan fingerprint density at radius 3 is 2.60 bits per heavy atom. The molecule has 82 valence electrons. The van der Waals surface area contributed by atoms with Crippen molar-refractivity contribution >= 4 is 15.9 Å². The van der Waals surface area contributed by atoms with Crippen molar-refractivity contribution in [3.63, 3.8) is 0 Å². The predicted molar refractivity (Wildman–Crippen MR) is 62.1 cm³/mol. The molecular weight excluding hydrogens is 258 g/mol. The summed E-state index contributed by atoms with van der Waals surface area (Å²) in [6, 6.07) is 7.86. The summed E-state index contributed by atoms with van der Waals surface area (Å²) in [5.41, 5.74) is 0. The standard InChI is InChI=1S/C11H14BrNO2/c12-9-1-3-10(4-2-9)15-11-7-13(8-11)5-6-14/h1-4,11,14H,5-8H2. The van der Waals surface area contributed by atoms with E-state index in [0.29, 0.717) is 0 Å². The van der Waals surface area contributed by atoms with Crippen LogP contribution in [0.25, 0.3) is 0 Å². The SMILES string of the molecule is OCCN1CC(Oc2ccc(Br)cc2)C1. The Hall–Kier alpha value is -0.580. The zero-order valence-corrected chi connectivity index (χ0v) is 9.98. The smallest absolute Gasteiger partial charge is 0.124 e. The van der Waals surface area contributed by atoms with E-state index in [1.807, 2.05) is 24.3 Å². The topological polar surface area (TPSA) is 32.7 Å². The van der Waals surface area contributed by atoms with Crippen LogP contribution in [0.1, 0.15) is 0 Å². The number of ether oxygens (including phenoxy) is 1. The summed E-state index contributed by atoms with van der Waals surface area (Å²) in [5.74, 6) is 0.909. The molecule has 0 aliphatic carbocycles. The molecule has 3 nitrogen and oxygen atoms in total. The summed E-state index contributed by atoms with van der Waals surface area (Å²) in [7, 11) is 0. The molecule has 4 heteroatoms. The number of nitrogens with zero attached hydrogens (tertiary/aromatic N) is 1. The van der Waals surface area contributed by atoms with E-state index in [4.69, 9.17) is 9.84 Å². The first kappa shape index (κ1) is 10.9. The Morgan fingerprint density at radius 1 is 1.33 bits per heavy atom. The fourth-order valence-electron chi connectivity index (χ4n) is 1.63. The molecule has 1 N–H and O–H groups in total. The first-order valence-electron chi connectivity index (χ1n) is 5.03. The van der Waals surface area contributed by atoms with Crippen LogP contribution in [0, 0.1) is 0 Å². The second-order valence-electron chi connectivity index (χ2n) is 3.68. The van der Waals surface area contributed by atoms with Crippen molar-refractivity contribution in [1.29, 1.82) is 0 Å². The molecule has 15 heavy (non-hydrogen) atoms. The van der Waals surface area contributed by atoms with Gasteiger partial charge in [0, 0.05) is 24.1 Å². The normalized spacial score (nSPS) is 17.5. The number of β-amino-alcohol motifs (C(OH)–C–C–N with tert-alkyl or cyclic N) is 1. The Labute approximate surface area is 97.8 Å². The van der Waals surface area contributed by atoms with Gasteiger partial charge in [-0.05, 0) is 24.3 Å². The number of rotatable bonds is 4. The molecule has 1 heterocycles. The Bertz CT molecular complexity index is 309. The van der Waals surface area contributed by atoms with Crippen LogP contribution in [-0.2, 0) is 0 Å². The minimum absolute atomic E-state index is 0.227. The van der Waals surface area contributed by atoms with Crippen LogP contribution < -0.4 is 4.74 Å². The van der Waals surface area contributed by atoms with Gasteiger partial charge in [-0.1, -0.05) is 15.9 Å². The lowest BCUT2D eigenvalue weighted by molar-refractivity contribution is 0.0107. The lowest BCUT2D eigenvalue weighted by atomic mass is 10.1. The summed E-state index contributed by atoms with van der Waals surface area (Å²) in [4.78, 5) is 2.17. The van der Waals surface area contributed by atoms with E-state index >= 15 is 0 Å². The molecule has 1 fully saturated rings. The van der Waals surface area contributed by atoms with Crippen LogP contribution >= 0.6 is 15.9 Å². The number of aliphatic hydroxyl groups excluding tert-OH is 1. The second kappa shape index (κ2) is 4.96. The average Bonchev–Trinajstić information content (AvgIpc) is 2.18. The zero-order valence-electron chi connectivity index (χ0n) is 8.40. The highest BCUT2D eigenvalue weighted by Gasteiger charge is 2.27. The fraction of sp³-hybridized carbons (Fsp3) is 0.455. The number of likely N-dealkylation sites (tertiary alicyclic amines) is 1. The van der Waals surface area contributed by atoms with Crippen LogP contribution in [0.15, 0.2) is 28.7 Å². The number of halogens is 1. The van der Waals surface area contributed by atoms with Crippen molar-refractivity contribution in [2.75, 3.05) is 26.2 Å². The van der Waals surface area contributed by atoms with Gasteiger partial charge < -0.3 is 9.84 Å². The zero-order chi connectivity index (χ0) is 10.7. The van der Waals surface area contributed by atoms with E-state index in [2.05, 4.69) is 20.8 Å². The third kappa shape index (κ3) is 2.93. The maximum Gasteiger partial charge on any atom is 0.124 e. The molecule has 1 aromatic rings. The van der Waals surface area contributed by atoms with Crippen LogP contribution in [0.4, 0.5) is 0 Å². The van der Waals surface area contributed by atoms with Crippen LogP contribution in [0.3, 0.4) is 0 Å². The lowest BCUT2D eigenvalue weighted by Gasteiger charge is -2.38. The minimum atomic E-state index is 0.227.